The fourth-order valence-corrected chi connectivity index (χ4v) is 2.03. The van der Waals surface area contributed by atoms with Crippen LogP contribution >= 0.6 is 0 Å². The maximum absolute atomic E-state index is 12.1. The van der Waals surface area contributed by atoms with Crippen LogP contribution in [0.1, 0.15) is 24.1 Å². The van der Waals surface area contributed by atoms with E-state index in [1.54, 1.807) is 36.7 Å². The number of phenolic OH excluding ortho intramolecular Hbond substituents is 1. The van der Waals surface area contributed by atoms with Crippen molar-refractivity contribution in [3.05, 3.63) is 59.9 Å². The van der Waals surface area contributed by atoms with Gasteiger partial charge in [0.2, 0.25) is 5.91 Å². The number of carbonyl (C=O) groups excluding carboxylic acids is 1. The van der Waals surface area contributed by atoms with Crippen LogP contribution in [0.25, 0.3) is 0 Å². The molecule has 0 bridgehead atoms. The molecular weight excluding hydrogens is 266 g/mol. The molecule has 1 unspecified atom stereocenters. The maximum atomic E-state index is 12.1. The second-order valence-electron chi connectivity index (χ2n) is 4.99. The maximum Gasteiger partial charge on any atom is 0.237 e. The number of hydrogen-bond acceptors (Lipinski definition) is 4. The fraction of sp³-hybridized carbons (Fsp3) is 0.250. The van der Waals surface area contributed by atoms with E-state index in [9.17, 15) is 9.90 Å². The molecule has 1 aromatic heterocycles. The first-order valence-electron chi connectivity index (χ1n) is 6.80. The highest BCUT2D eigenvalue weighted by Crippen LogP contribution is 2.13. The van der Waals surface area contributed by atoms with Gasteiger partial charge in [0.05, 0.1) is 12.1 Å². The van der Waals surface area contributed by atoms with Gasteiger partial charge in [-0.2, -0.15) is 0 Å². The fourth-order valence-electron chi connectivity index (χ4n) is 2.03. The number of hydrogen-bond donors (Lipinski definition) is 3. The van der Waals surface area contributed by atoms with Crippen LogP contribution in [-0.4, -0.2) is 22.0 Å². The van der Waals surface area contributed by atoms with Crippen LogP contribution in [0, 0.1) is 0 Å². The van der Waals surface area contributed by atoms with E-state index < -0.39 is 6.04 Å². The minimum atomic E-state index is -0.626. The zero-order valence-corrected chi connectivity index (χ0v) is 11.9. The number of aromatic hydroxyl groups is 1. The van der Waals surface area contributed by atoms with Gasteiger partial charge in [0.1, 0.15) is 5.75 Å². The zero-order valence-electron chi connectivity index (χ0n) is 11.9. The van der Waals surface area contributed by atoms with E-state index in [0.717, 1.165) is 11.1 Å². The van der Waals surface area contributed by atoms with Gasteiger partial charge in [-0.1, -0.05) is 12.1 Å². The number of phenols is 1. The van der Waals surface area contributed by atoms with Crippen molar-refractivity contribution in [2.45, 2.75) is 25.4 Å². The molecule has 0 aliphatic carbocycles. The third-order valence-corrected chi connectivity index (χ3v) is 3.29. The Morgan fingerprint density at radius 1 is 1.24 bits per heavy atom. The Balaban J connectivity index is 1.92. The number of carbonyl (C=O) groups is 1. The first-order chi connectivity index (χ1) is 10.1. The number of benzene rings is 1. The van der Waals surface area contributed by atoms with Crippen LogP contribution in [0.4, 0.5) is 0 Å². The highest BCUT2D eigenvalue weighted by Gasteiger charge is 2.17. The van der Waals surface area contributed by atoms with E-state index in [2.05, 4.69) is 10.3 Å². The summed E-state index contributed by atoms with van der Waals surface area (Å²) in [6.07, 6.45) is 3.80. The molecule has 0 spiro atoms. The van der Waals surface area contributed by atoms with E-state index in [4.69, 9.17) is 5.73 Å². The molecule has 1 aromatic carbocycles. The number of nitrogens with zero attached hydrogens (tertiary/aromatic N) is 1. The van der Waals surface area contributed by atoms with Crippen molar-refractivity contribution in [2.24, 2.45) is 5.73 Å². The van der Waals surface area contributed by atoms with Gasteiger partial charge < -0.3 is 16.2 Å². The number of aromatic nitrogens is 1. The lowest BCUT2D eigenvalue weighted by Crippen LogP contribution is -2.42. The summed E-state index contributed by atoms with van der Waals surface area (Å²) >= 11 is 0. The largest absolute Gasteiger partial charge is 0.508 e. The average Bonchev–Trinajstić information content (AvgIpc) is 2.50. The molecule has 1 amide bonds. The van der Waals surface area contributed by atoms with Crippen molar-refractivity contribution >= 4 is 5.91 Å². The summed E-state index contributed by atoms with van der Waals surface area (Å²) in [5, 5.41) is 12.1. The van der Waals surface area contributed by atoms with Gasteiger partial charge in [-0.3, -0.25) is 9.78 Å². The predicted octanol–water partition coefficient (Wildman–Crippen LogP) is 1.53. The average molecular weight is 285 g/mol. The summed E-state index contributed by atoms with van der Waals surface area (Å²) in [6.45, 7) is 1.90. The van der Waals surface area contributed by atoms with E-state index in [1.165, 1.54) is 0 Å². The van der Waals surface area contributed by atoms with Crippen LogP contribution in [-0.2, 0) is 11.2 Å². The Morgan fingerprint density at radius 2 is 1.86 bits per heavy atom. The third kappa shape index (κ3) is 4.29. The molecule has 5 heteroatoms. The number of amides is 1. The van der Waals surface area contributed by atoms with Crippen molar-refractivity contribution in [1.29, 1.82) is 0 Å². The molecule has 5 nitrogen and oxygen atoms in total. The number of nitrogens with one attached hydrogen (secondary N) is 1. The summed E-state index contributed by atoms with van der Waals surface area (Å²) in [6, 6.07) is 9.65. The van der Waals surface area contributed by atoms with Crippen molar-refractivity contribution in [1.82, 2.24) is 10.3 Å². The molecule has 0 radical (unpaired) electrons. The molecule has 2 aromatic rings. The molecule has 0 saturated carbocycles. The van der Waals surface area contributed by atoms with Crippen molar-refractivity contribution in [3.8, 4) is 5.75 Å². The highest BCUT2D eigenvalue weighted by atomic mass is 16.3. The number of pyridine rings is 1. The standard InChI is InChI=1S/C16H19N3O2/c1-11(13-6-8-18-9-7-13)19-16(21)15(17)10-12-2-4-14(20)5-3-12/h2-9,11,15,20H,10,17H2,1H3,(H,19,21)/t11-,15?/m0/s1. The molecule has 110 valence electrons. The highest BCUT2D eigenvalue weighted by molar-refractivity contribution is 5.82. The minimum Gasteiger partial charge on any atom is -0.508 e. The first-order valence-corrected chi connectivity index (χ1v) is 6.80. The van der Waals surface area contributed by atoms with Crippen LogP contribution < -0.4 is 11.1 Å². The Labute approximate surface area is 123 Å². The van der Waals surface area contributed by atoms with Gasteiger partial charge in [0.15, 0.2) is 0 Å². The molecule has 0 fully saturated rings. The van der Waals surface area contributed by atoms with Gasteiger partial charge in [-0.25, -0.2) is 0 Å². The molecule has 4 N–H and O–H groups in total. The first kappa shape index (κ1) is 15.0. The van der Waals surface area contributed by atoms with Crippen LogP contribution in [0.5, 0.6) is 5.75 Å². The summed E-state index contributed by atoms with van der Waals surface area (Å²) in [5.74, 6) is -0.00419. The molecule has 2 rings (SSSR count). The van der Waals surface area contributed by atoms with Crippen molar-refractivity contribution < 1.29 is 9.90 Å². The lowest BCUT2D eigenvalue weighted by atomic mass is 10.0. The molecule has 1 heterocycles. The van der Waals surface area contributed by atoms with Crippen molar-refractivity contribution in [2.75, 3.05) is 0 Å². The smallest absolute Gasteiger partial charge is 0.237 e. The summed E-state index contributed by atoms with van der Waals surface area (Å²) < 4.78 is 0. The molecule has 21 heavy (non-hydrogen) atoms. The second-order valence-corrected chi connectivity index (χ2v) is 4.99. The SMILES string of the molecule is C[C@H](NC(=O)C(N)Cc1ccc(O)cc1)c1ccncc1. The van der Waals surface area contributed by atoms with Crippen LogP contribution in [0.15, 0.2) is 48.8 Å². The normalized spacial score (nSPS) is 13.4. The Hall–Kier alpha value is -2.40. The number of nitrogens with two attached hydrogens (primary N) is 1. The lowest BCUT2D eigenvalue weighted by molar-refractivity contribution is -0.123. The molecular formula is C16H19N3O2. The second kappa shape index (κ2) is 6.85. The minimum absolute atomic E-state index is 0.119. The Morgan fingerprint density at radius 3 is 2.48 bits per heavy atom. The predicted molar refractivity (Wildman–Crippen MR) is 80.6 cm³/mol. The molecule has 2 atom stereocenters. The quantitative estimate of drug-likeness (QED) is 0.777. The molecule has 0 aliphatic heterocycles. The van der Waals surface area contributed by atoms with Crippen molar-refractivity contribution in [3.63, 3.8) is 0 Å². The Bertz CT molecular complexity index is 584. The van der Waals surface area contributed by atoms with Crippen LogP contribution in [0.2, 0.25) is 0 Å². The van der Waals surface area contributed by atoms with Gasteiger partial charge in [0.25, 0.3) is 0 Å². The summed E-state index contributed by atoms with van der Waals surface area (Å²) in [5.41, 5.74) is 7.82. The Kier molecular flexibility index (Phi) is 4.90. The summed E-state index contributed by atoms with van der Waals surface area (Å²) in [4.78, 5) is 16.0. The van der Waals surface area contributed by atoms with E-state index in [-0.39, 0.29) is 17.7 Å². The van der Waals surface area contributed by atoms with Gasteiger partial charge in [-0.15, -0.1) is 0 Å². The lowest BCUT2D eigenvalue weighted by Gasteiger charge is -2.18. The molecule has 0 saturated heterocycles. The number of rotatable bonds is 5. The van der Waals surface area contributed by atoms with E-state index in [0.29, 0.717) is 6.42 Å². The monoisotopic (exact) mass is 285 g/mol. The van der Waals surface area contributed by atoms with Gasteiger partial charge >= 0.3 is 0 Å². The van der Waals surface area contributed by atoms with E-state index >= 15 is 0 Å². The topological polar surface area (TPSA) is 88.2 Å². The van der Waals surface area contributed by atoms with E-state index in [1.807, 2.05) is 19.1 Å². The van der Waals surface area contributed by atoms with Crippen LogP contribution in [0.3, 0.4) is 0 Å². The summed E-state index contributed by atoms with van der Waals surface area (Å²) in [7, 11) is 0. The molecule has 0 aliphatic rings. The van der Waals surface area contributed by atoms with Gasteiger partial charge in [0, 0.05) is 12.4 Å². The van der Waals surface area contributed by atoms with Gasteiger partial charge in [-0.05, 0) is 48.7 Å². The zero-order chi connectivity index (χ0) is 15.2. The third-order valence-electron chi connectivity index (χ3n) is 3.29.